The van der Waals surface area contributed by atoms with E-state index in [-0.39, 0.29) is 11.8 Å². The molecule has 2 saturated carbocycles. The topological polar surface area (TPSA) is 18.5 Å². The molecule has 0 aromatic carbocycles. The van der Waals surface area contributed by atoms with Crippen LogP contribution < -0.4 is 0 Å². The maximum absolute atomic E-state index is 7.01. The normalized spacial score (nSPS) is 54.1. The van der Waals surface area contributed by atoms with Gasteiger partial charge in [0.15, 0.2) is 0 Å². The van der Waals surface area contributed by atoms with E-state index in [1.807, 2.05) is 0 Å². The third-order valence-electron chi connectivity index (χ3n) is 5.74. The van der Waals surface area contributed by atoms with Crippen LogP contribution in [0.1, 0.15) is 6.42 Å². The third-order valence-corrected chi connectivity index (χ3v) is 8.39. The Kier molecular flexibility index (Phi) is 2.76. The summed E-state index contributed by atoms with van der Waals surface area (Å²) in [4.78, 5) is -2.04. The predicted octanol–water partition coefficient (Wildman–Crippen LogP) is 4.09. The molecule has 4 aliphatic rings. The van der Waals surface area contributed by atoms with Crippen LogP contribution in [0, 0.1) is 23.7 Å². The van der Waals surface area contributed by atoms with Crippen molar-refractivity contribution in [2.24, 2.45) is 23.7 Å². The van der Waals surface area contributed by atoms with E-state index in [9.17, 15) is 0 Å². The van der Waals surface area contributed by atoms with E-state index in [1.165, 1.54) is 0 Å². The lowest BCUT2D eigenvalue weighted by Crippen LogP contribution is -2.58. The van der Waals surface area contributed by atoms with Gasteiger partial charge in [0.25, 0.3) is 0 Å². The second-order valence-corrected chi connectivity index (χ2v) is 8.02. The second-order valence-electron chi connectivity index (χ2n) is 6.08. The van der Waals surface area contributed by atoms with Crippen molar-refractivity contribution in [2.45, 2.75) is 22.0 Å². The zero-order valence-corrected chi connectivity index (χ0v) is 14.0. The summed E-state index contributed by atoms with van der Waals surface area (Å²) in [6, 6.07) is 0. The minimum atomic E-state index is -1.23. The molecular formula is C14H14Cl4O2. The van der Waals surface area contributed by atoms with Gasteiger partial charge < -0.3 is 9.47 Å². The number of hydrogen-bond acceptors (Lipinski definition) is 2. The molecule has 2 fully saturated rings. The highest BCUT2D eigenvalue weighted by atomic mass is 35.5. The van der Waals surface area contributed by atoms with Crippen LogP contribution in [0.4, 0.5) is 0 Å². The van der Waals surface area contributed by atoms with Crippen LogP contribution in [0.3, 0.4) is 0 Å². The fourth-order valence-corrected chi connectivity index (χ4v) is 7.52. The molecule has 20 heavy (non-hydrogen) atoms. The predicted molar refractivity (Wildman–Crippen MR) is 80.4 cm³/mol. The minimum absolute atomic E-state index is 0.0894. The Morgan fingerprint density at radius 2 is 1.35 bits per heavy atom. The van der Waals surface area contributed by atoms with Gasteiger partial charge in [-0.25, -0.2) is 0 Å². The molecule has 0 aliphatic heterocycles. The number of rotatable bonds is 2. The van der Waals surface area contributed by atoms with E-state index in [0.717, 1.165) is 6.42 Å². The molecule has 4 rings (SSSR count). The van der Waals surface area contributed by atoms with Gasteiger partial charge in [-0.3, -0.25) is 0 Å². The van der Waals surface area contributed by atoms with Gasteiger partial charge in [-0.2, -0.15) is 0 Å². The monoisotopic (exact) mass is 354 g/mol. The van der Waals surface area contributed by atoms with Crippen molar-refractivity contribution in [3.63, 3.8) is 0 Å². The smallest absolute Gasteiger partial charge is 0.217 e. The Bertz CT molecular complexity index is 513. The fraction of sp³-hybridized carbons (Fsp3) is 0.714. The van der Waals surface area contributed by atoms with Gasteiger partial charge in [0, 0.05) is 26.1 Å². The molecule has 2 nitrogen and oxygen atoms in total. The van der Waals surface area contributed by atoms with Crippen LogP contribution in [0.25, 0.3) is 0 Å². The summed E-state index contributed by atoms with van der Waals surface area (Å²) in [5.74, 6) is -0.342. The van der Waals surface area contributed by atoms with Gasteiger partial charge in [0.05, 0.1) is 10.1 Å². The molecule has 110 valence electrons. The molecule has 4 bridgehead atoms. The average Bonchev–Trinajstić information content (AvgIpc) is 3.12. The fourth-order valence-electron chi connectivity index (χ4n) is 5.19. The third kappa shape index (κ3) is 1.06. The highest BCUT2D eigenvalue weighted by molar-refractivity contribution is 6.52. The molecule has 0 amide bonds. The summed E-state index contributed by atoms with van der Waals surface area (Å²) in [7, 11) is 3.10. The first kappa shape index (κ1) is 14.2. The zero-order chi connectivity index (χ0) is 14.5. The van der Waals surface area contributed by atoms with E-state index in [0.29, 0.717) is 21.9 Å². The number of hydrogen-bond donors (Lipinski definition) is 0. The summed E-state index contributed by atoms with van der Waals surface area (Å²) in [5, 5.41) is 0.753. The molecule has 0 saturated heterocycles. The minimum Gasteiger partial charge on any atom is -0.350 e. The SMILES string of the molecule is COC1(OC)[C@@]2(Cl)C(Cl)=C(Cl)[C@]1(Cl)[C@H]1[C@@H]2[C@@H]2C=C[C@H]1C2. The first-order valence-corrected chi connectivity index (χ1v) is 8.14. The molecular weight excluding hydrogens is 342 g/mol. The highest BCUT2D eigenvalue weighted by Gasteiger charge is 2.87. The van der Waals surface area contributed by atoms with Crippen molar-refractivity contribution in [1.82, 2.24) is 0 Å². The van der Waals surface area contributed by atoms with Gasteiger partial charge in [0.1, 0.15) is 9.75 Å². The summed E-state index contributed by atoms with van der Waals surface area (Å²) in [5.41, 5.74) is 0. The first-order chi connectivity index (χ1) is 9.40. The molecule has 0 heterocycles. The number of methoxy groups -OCH3 is 2. The van der Waals surface area contributed by atoms with Crippen molar-refractivity contribution < 1.29 is 9.47 Å². The summed E-state index contributed by atoms with van der Waals surface area (Å²) < 4.78 is 11.4. The Morgan fingerprint density at radius 3 is 1.70 bits per heavy atom. The van der Waals surface area contributed by atoms with E-state index in [4.69, 9.17) is 55.9 Å². The molecule has 0 radical (unpaired) electrons. The van der Waals surface area contributed by atoms with E-state index in [2.05, 4.69) is 12.2 Å². The van der Waals surface area contributed by atoms with Crippen LogP contribution >= 0.6 is 46.4 Å². The van der Waals surface area contributed by atoms with Gasteiger partial charge in [-0.05, 0) is 18.3 Å². The van der Waals surface area contributed by atoms with Crippen molar-refractivity contribution in [3.8, 4) is 0 Å². The summed E-state index contributed by atoms with van der Waals surface area (Å²) >= 11 is 27.0. The largest absolute Gasteiger partial charge is 0.350 e. The molecule has 6 atom stereocenters. The Hall–Kier alpha value is 0.560. The van der Waals surface area contributed by atoms with Crippen LogP contribution in [0.5, 0.6) is 0 Å². The van der Waals surface area contributed by atoms with Crippen LogP contribution in [-0.4, -0.2) is 29.8 Å². The number of ether oxygens (including phenoxy) is 2. The second kappa shape index (κ2) is 3.90. The lowest BCUT2D eigenvalue weighted by atomic mass is 9.75. The van der Waals surface area contributed by atoms with Crippen LogP contribution in [0.2, 0.25) is 0 Å². The number of allylic oxidation sites excluding steroid dienone is 2. The molecule has 0 spiro atoms. The number of fused-ring (bicyclic) bond motifs is 9. The Labute approximate surface area is 138 Å². The molecule has 0 aromatic heterocycles. The quantitative estimate of drug-likeness (QED) is 0.321. The molecule has 4 aliphatic carbocycles. The van der Waals surface area contributed by atoms with Crippen molar-refractivity contribution in [1.29, 1.82) is 0 Å². The van der Waals surface area contributed by atoms with E-state index >= 15 is 0 Å². The number of halogens is 4. The van der Waals surface area contributed by atoms with Gasteiger partial charge in [0.2, 0.25) is 5.79 Å². The van der Waals surface area contributed by atoms with Gasteiger partial charge in [-0.1, -0.05) is 35.4 Å². The maximum atomic E-state index is 7.01. The maximum Gasteiger partial charge on any atom is 0.217 e. The average molecular weight is 356 g/mol. The van der Waals surface area contributed by atoms with Crippen molar-refractivity contribution >= 4 is 46.4 Å². The molecule has 0 aromatic rings. The van der Waals surface area contributed by atoms with Crippen molar-refractivity contribution in [2.75, 3.05) is 14.2 Å². The molecule has 0 N–H and O–H groups in total. The van der Waals surface area contributed by atoms with Crippen molar-refractivity contribution in [3.05, 3.63) is 22.2 Å². The summed E-state index contributed by atoms with van der Waals surface area (Å²) in [6.45, 7) is 0. The van der Waals surface area contributed by atoms with E-state index < -0.39 is 15.5 Å². The highest BCUT2D eigenvalue weighted by Crippen LogP contribution is 2.79. The van der Waals surface area contributed by atoms with E-state index in [1.54, 1.807) is 14.2 Å². The molecule has 0 unspecified atom stereocenters. The van der Waals surface area contributed by atoms with Crippen LogP contribution in [-0.2, 0) is 9.47 Å². The summed E-state index contributed by atoms with van der Waals surface area (Å²) in [6.07, 6.45) is 5.48. The Morgan fingerprint density at radius 1 is 0.950 bits per heavy atom. The Balaban J connectivity index is 2.02. The van der Waals surface area contributed by atoms with Gasteiger partial charge in [-0.15, -0.1) is 23.2 Å². The zero-order valence-electron chi connectivity index (χ0n) is 11.0. The molecule has 6 heteroatoms. The lowest BCUT2D eigenvalue weighted by molar-refractivity contribution is -0.222. The number of alkyl halides is 2. The lowest BCUT2D eigenvalue weighted by Gasteiger charge is -2.42. The standard InChI is InChI=1S/C14H14Cl4O2/c1-19-14(20-2)12(17)8-6-3-4-7(5-6)9(8)13(14,18)11(16)10(12)15/h3-4,6-9H,5H2,1-2H3/t6-,7+,8+,9-,12+,13-. The first-order valence-electron chi connectivity index (χ1n) is 6.62. The van der Waals surface area contributed by atoms with Crippen LogP contribution in [0.15, 0.2) is 22.2 Å². The van der Waals surface area contributed by atoms with Gasteiger partial charge >= 0.3 is 0 Å².